The molecule has 0 amide bonds. The second-order valence-corrected chi connectivity index (χ2v) is 8.25. The number of rotatable bonds is 5. The molecule has 2 aromatic carbocycles. The van der Waals surface area contributed by atoms with E-state index in [0.717, 1.165) is 11.3 Å². The zero-order valence-electron chi connectivity index (χ0n) is 18.6. The predicted molar refractivity (Wildman–Crippen MR) is 121 cm³/mol. The van der Waals surface area contributed by atoms with Gasteiger partial charge in [0.05, 0.1) is 19.1 Å². The average Bonchev–Trinajstić information content (AvgIpc) is 2.82. The molecule has 33 heavy (non-hydrogen) atoms. The Bertz CT molecular complexity index is 1180. The number of ether oxygens (including phenoxy) is 2. The van der Waals surface area contributed by atoms with Gasteiger partial charge < -0.3 is 9.47 Å². The van der Waals surface area contributed by atoms with E-state index in [1.54, 1.807) is 26.2 Å². The Hall–Kier alpha value is -3.81. The van der Waals surface area contributed by atoms with Crippen LogP contribution in [0.1, 0.15) is 42.7 Å². The van der Waals surface area contributed by atoms with Crippen molar-refractivity contribution in [3.8, 4) is 5.75 Å². The van der Waals surface area contributed by atoms with Crippen LogP contribution in [0.2, 0.25) is 0 Å². The van der Waals surface area contributed by atoms with Crippen LogP contribution in [0.3, 0.4) is 0 Å². The maximum Gasteiger partial charge on any atom is 0.315 e. The van der Waals surface area contributed by atoms with E-state index in [4.69, 9.17) is 9.47 Å². The molecule has 2 aliphatic rings. The van der Waals surface area contributed by atoms with Crippen molar-refractivity contribution in [2.24, 2.45) is 10.9 Å². The number of methoxy groups -OCH3 is 2. The van der Waals surface area contributed by atoms with Gasteiger partial charge in [-0.1, -0.05) is 24.3 Å². The molecule has 0 N–H and O–H groups in total. The lowest BCUT2D eigenvalue weighted by molar-refractivity contribution is -0.384. The second-order valence-electron chi connectivity index (χ2n) is 8.25. The molecule has 0 saturated carbocycles. The Kier molecular flexibility index (Phi) is 6.09. The minimum Gasteiger partial charge on any atom is -0.497 e. The average molecular weight is 448 g/mol. The first-order valence-electron chi connectivity index (χ1n) is 10.6. The number of hydrogen-bond acceptors (Lipinski definition) is 7. The molecule has 0 bridgehead atoms. The van der Waals surface area contributed by atoms with Crippen molar-refractivity contribution in [2.45, 2.75) is 31.6 Å². The fourth-order valence-corrected chi connectivity index (χ4v) is 4.80. The van der Waals surface area contributed by atoms with Gasteiger partial charge >= 0.3 is 5.97 Å². The van der Waals surface area contributed by atoms with Gasteiger partial charge in [0.2, 0.25) is 0 Å². The molecular weight excluding hydrogens is 424 g/mol. The molecule has 170 valence electrons. The summed E-state index contributed by atoms with van der Waals surface area (Å²) in [7, 11) is 2.88. The number of nitrogens with zero attached hydrogens (tertiary/aromatic N) is 2. The Balaban J connectivity index is 1.80. The van der Waals surface area contributed by atoms with E-state index in [1.165, 1.54) is 19.2 Å². The van der Waals surface area contributed by atoms with Crippen LogP contribution in [0, 0.1) is 16.0 Å². The maximum atomic E-state index is 13.5. The first kappa shape index (κ1) is 22.4. The van der Waals surface area contributed by atoms with Gasteiger partial charge in [-0.15, -0.1) is 0 Å². The number of Topliss-reactive ketones (excluding diaryl/α,β-unsaturated/α-hetero) is 1. The summed E-state index contributed by atoms with van der Waals surface area (Å²) in [6.07, 6.45) is 0.795. The lowest BCUT2D eigenvalue weighted by Crippen LogP contribution is -2.37. The number of benzene rings is 2. The Morgan fingerprint density at radius 1 is 1.09 bits per heavy atom. The molecular formula is C25H24N2O6. The van der Waals surface area contributed by atoms with Crippen LogP contribution >= 0.6 is 0 Å². The van der Waals surface area contributed by atoms with Crippen LogP contribution in [0.5, 0.6) is 5.75 Å². The van der Waals surface area contributed by atoms with Crippen molar-refractivity contribution in [2.75, 3.05) is 14.2 Å². The van der Waals surface area contributed by atoms with Crippen molar-refractivity contribution in [1.29, 1.82) is 0 Å². The first-order valence-corrected chi connectivity index (χ1v) is 10.6. The Morgan fingerprint density at radius 2 is 1.82 bits per heavy atom. The van der Waals surface area contributed by atoms with Gasteiger partial charge in [0.1, 0.15) is 11.7 Å². The van der Waals surface area contributed by atoms with Crippen LogP contribution in [-0.2, 0) is 14.3 Å². The summed E-state index contributed by atoms with van der Waals surface area (Å²) >= 11 is 0. The number of carbonyl (C=O) groups excluding carboxylic acids is 2. The van der Waals surface area contributed by atoms with Crippen molar-refractivity contribution in [3.63, 3.8) is 0 Å². The highest BCUT2D eigenvalue weighted by molar-refractivity contribution is 6.09. The highest BCUT2D eigenvalue weighted by Gasteiger charge is 2.44. The molecule has 8 heteroatoms. The molecule has 0 fully saturated rings. The third-order valence-electron chi connectivity index (χ3n) is 6.37. The fourth-order valence-electron chi connectivity index (χ4n) is 4.80. The minimum absolute atomic E-state index is 0.0563. The summed E-state index contributed by atoms with van der Waals surface area (Å²) in [5, 5.41) is 11.4. The number of carbonyl (C=O) groups is 2. The van der Waals surface area contributed by atoms with Crippen molar-refractivity contribution >= 4 is 23.2 Å². The lowest BCUT2D eigenvalue weighted by atomic mass is 9.69. The van der Waals surface area contributed by atoms with Crippen molar-refractivity contribution < 1.29 is 24.0 Å². The topological polar surface area (TPSA) is 108 Å². The SMILES string of the molecule is COC(=O)C1C(C)=NC2=C(C(=O)CC(c3ccc(OC)cc3)C2)C1c1cccc([N+](=O)[O-])c1. The molecule has 0 radical (unpaired) electrons. The van der Waals surface area contributed by atoms with E-state index in [-0.39, 0.29) is 23.8 Å². The third-order valence-corrected chi connectivity index (χ3v) is 6.37. The maximum absolute atomic E-state index is 13.5. The number of esters is 1. The minimum atomic E-state index is -0.822. The van der Waals surface area contributed by atoms with Crippen LogP contribution in [0.15, 0.2) is 64.8 Å². The number of aliphatic imine (C=N–C) groups is 1. The van der Waals surface area contributed by atoms with Crippen LogP contribution < -0.4 is 4.74 Å². The third kappa shape index (κ3) is 4.16. The smallest absolute Gasteiger partial charge is 0.315 e. The number of nitro benzene ring substituents is 1. The van der Waals surface area contributed by atoms with Gasteiger partial charge in [-0.25, -0.2) is 0 Å². The number of ketones is 1. The van der Waals surface area contributed by atoms with E-state index in [2.05, 4.69) is 4.99 Å². The van der Waals surface area contributed by atoms with Gasteiger partial charge in [0.25, 0.3) is 5.69 Å². The fraction of sp³-hybridized carbons (Fsp3) is 0.320. The van der Waals surface area contributed by atoms with Crippen molar-refractivity contribution in [1.82, 2.24) is 0 Å². The quantitative estimate of drug-likeness (QED) is 0.382. The summed E-state index contributed by atoms with van der Waals surface area (Å²) in [6.45, 7) is 1.73. The van der Waals surface area contributed by atoms with E-state index in [0.29, 0.717) is 29.0 Å². The lowest BCUT2D eigenvalue weighted by Gasteiger charge is -2.36. The number of nitro groups is 1. The molecule has 4 rings (SSSR count). The molecule has 0 aromatic heterocycles. The monoisotopic (exact) mass is 448 g/mol. The van der Waals surface area contributed by atoms with E-state index in [9.17, 15) is 19.7 Å². The van der Waals surface area contributed by atoms with E-state index in [1.807, 2.05) is 24.3 Å². The van der Waals surface area contributed by atoms with Gasteiger partial charge in [-0.3, -0.25) is 24.7 Å². The van der Waals surface area contributed by atoms with Gasteiger partial charge in [0.15, 0.2) is 5.78 Å². The normalized spacial score (nSPS) is 22.3. The second kappa shape index (κ2) is 8.97. The summed E-state index contributed by atoms with van der Waals surface area (Å²) in [6, 6.07) is 13.7. The zero-order valence-corrected chi connectivity index (χ0v) is 18.6. The molecule has 1 aliphatic heterocycles. The standard InChI is InChI=1S/C25H24N2O6/c1-14-22(25(29)33-3)23(16-5-4-6-18(11-16)27(30)31)24-20(26-14)12-17(13-21(24)28)15-7-9-19(32-2)10-8-15/h4-11,17,22-23H,12-13H2,1-3H3. The van der Waals surface area contributed by atoms with Gasteiger partial charge in [0, 0.05) is 41.5 Å². The summed E-state index contributed by atoms with van der Waals surface area (Å²) in [5.74, 6) is -1.47. The van der Waals surface area contributed by atoms with Crippen LogP contribution in [-0.4, -0.2) is 36.6 Å². The van der Waals surface area contributed by atoms with Gasteiger partial charge in [-0.2, -0.15) is 0 Å². The van der Waals surface area contributed by atoms with Crippen molar-refractivity contribution in [3.05, 3.63) is 81.0 Å². The summed E-state index contributed by atoms with van der Waals surface area (Å²) < 4.78 is 10.2. The molecule has 2 aromatic rings. The molecule has 3 unspecified atom stereocenters. The van der Waals surface area contributed by atoms with E-state index < -0.39 is 22.7 Å². The highest BCUT2D eigenvalue weighted by atomic mass is 16.6. The highest BCUT2D eigenvalue weighted by Crippen LogP contribution is 2.47. The van der Waals surface area contributed by atoms with Crippen LogP contribution in [0.25, 0.3) is 0 Å². The van der Waals surface area contributed by atoms with Gasteiger partial charge in [-0.05, 0) is 42.5 Å². The largest absolute Gasteiger partial charge is 0.497 e. The number of hydrogen-bond donors (Lipinski definition) is 0. The Labute approximate surface area is 191 Å². The number of allylic oxidation sites excluding steroid dienone is 2. The molecule has 1 heterocycles. The predicted octanol–water partition coefficient (Wildman–Crippen LogP) is 4.35. The molecule has 3 atom stereocenters. The first-order chi connectivity index (χ1) is 15.8. The molecule has 8 nitrogen and oxygen atoms in total. The molecule has 0 spiro atoms. The molecule has 0 saturated heterocycles. The summed E-state index contributed by atoms with van der Waals surface area (Å²) in [4.78, 5) is 41.7. The van der Waals surface area contributed by atoms with Crippen LogP contribution in [0.4, 0.5) is 5.69 Å². The van der Waals surface area contributed by atoms with E-state index >= 15 is 0 Å². The molecule has 1 aliphatic carbocycles. The Morgan fingerprint density at radius 3 is 2.45 bits per heavy atom. The summed E-state index contributed by atoms with van der Waals surface area (Å²) in [5.41, 5.74) is 3.03. The number of non-ortho nitro benzene ring substituents is 1. The zero-order chi connectivity index (χ0) is 23.7.